The summed E-state index contributed by atoms with van der Waals surface area (Å²) < 4.78 is 0. The van der Waals surface area contributed by atoms with Crippen molar-refractivity contribution in [3.63, 3.8) is 0 Å². The van der Waals surface area contributed by atoms with E-state index >= 15 is 0 Å². The first-order chi connectivity index (χ1) is 7.38. The van der Waals surface area contributed by atoms with E-state index < -0.39 is 0 Å². The fraction of sp³-hybridized carbons (Fsp3) is 0.143. The summed E-state index contributed by atoms with van der Waals surface area (Å²) in [6, 6.07) is 18.1. The van der Waals surface area contributed by atoms with Crippen LogP contribution in [-0.2, 0) is 0 Å². The number of nitrogens with two attached hydrogens (primary N) is 1. The van der Waals surface area contributed by atoms with Crippen molar-refractivity contribution >= 4 is 5.69 Å². The van der Waals surface area contributed by atoms with Crippen LogP contribution in [0.2, 0.25) is 0 Å². The molecule has 2 rings (SSSR count). The number of rotatable bonds is 1. The van der Waals surface area contributed by atoms with Crippen LogP contribution >= 0.6 is 0 Å². The van der Waals surface area contributed by atoms with Gasteiger partial charge in [-0.25, -0.2) is 0 Å². The molecule has 2 aromatic rings. The first-order valence-electron chi connectivity index (χ1n) is 5.28. The monoisotopic (exact) mass is 199 g/mol. The van der Waals surface area contributed by atoms with Gasteiger partial charge in [0, 0.05) is 11.3 Å². The summed E-state index contributed by atoms with van der Waals surface area (Å²) >= 11 is 0. The molecule has 0 radical (unpaired) electrons. The highest BCUT2D eigenvalue weighted by atomic mass is 14.6. The van der Waals surface area contributed by atoms with Crippen molar-refractivity contribution in [2.45, 2.75) is 13.8 Å². The summed E-state index contributed by atoms with van der Waals surface area (Å²) in [6.45, 7) is 4.00. The maximum absolute atomic E-state index is 5.85. The minimum atomic E-state index is 0.828. The van der Waals surface area contributed by atoms with Gasteiger partial charge in [0.1, 0.15) is 0 Å². The van der Waals surface area contributed by atoms with Crippen LogP contribution in [0, 0.1) is 0 Å². The van der Waals surface area contributed by atoms with E-state index in [-0.39, 0.29) is 0 Å². The normalized spacial score (nSPS) is 8.93. The minimum absolute atomic E-state index is 0.828. The Kier molecular flexibility index (Phi) is 4.42. The van der Waals surface area contributed by atoms with Crippen LogP contribution in [0.3, 0.4) is 0 Å². The Morgan fingerprint density at radius 2 is 1.27 bits per heavy atom. The highest BCUT2D eigenvalue weighted by Crippen LogP contribution is 2.24. The molecule has 0 aliphatic heterocycles. The Morgan fingerprint density at radius 3 is 1.87 bits per heavy atom. The van der Waals surface area contributed by atoms with Crippen LogP contribution in [0.5, 0.6) is 0 Å². The molecule has 0 spiro atoms. The molecule has 0 aromatic heterocycles. The first kappa shape index (κ1) is 11.3. The van der Waals surface area contributed by atoms with E-state index in [2.05, 4.69) is 12.1 Å². The van der Waals surface area contributed by atoms with Gasteiger partial charge < -0.3 is 5.73 Å². The Morgan fingerprint density at radius 1 is 0.733 bits per heavy atom. The first-order valence-corrected chi connectivity index (χ1v) is 5.28. The zero-order valence-electron chi connectivity index (χ0n) is 9.27. The molecule has 0 heterocycles. The van der Waals surface area contributed by atoms with Crippen LogP contribution in [0.25, 0.3) is 11.1 Å². The van der Waals surface area contributed by atoms with Crippen molar-refractivity contribution in [3.8, 4) is 11.1 Å². The van der Waals surface area contributed by atoms with Gasteiger partial charge in [-0.15, -0.1) is 0 Å². The Labute approximate surface area is 91.6 Å². The van der Waals surface area contributed by atoms with E-state index in [9.17, 15) is 0 Å². The van der Waals surface area contributed by atoms with Gasteiger partial charge in [0.15, 0.2) is 0 Å². The van der Waals surface area contributed by atoms with Gasteiger partial charge in [0.25, 0.3) is 0 Å². The average Bonchev–Trinajstić information content (AvgIpc) is 2.33. The zero-order chi connectivity index (χ0) is 11.1. The van der Waals surface area contributed by atoms with Gasteiger partial charge in [-0.1, -0.05) is 62.4 Å². The van der Waals surface area contributed by atoms with Crippen LogP contribution in [-0.4, -0.2) is 0 Å². The maximum Gasteiger partial charge on any atom is 0.0393 e. The zero-order valence-corrected chi connectivity index (χ0v) is 9.27. The van der Waals surface area contributed by atoms with E-state index in [1.54, 1.807) is 0 Å². The molecule has 0 fully saturated rings. The maximum atomic E-state index is 5.85. The van der Waals surface area contributed by atoms with E-state index in [4.69, 9.17) is 5.73 Å². The highest BCUT2D eigenvalue weighted by Gasteiger charge is 1.98. The molecule has 0 amide bonds. The second kappa shape index (κ2) is 5.86. The molecule has 0 bridgehead atoms. The second-order valence-corrected chi connectivity index (χ2v) is 2.95. The molecule has 2 N–H and O–H groups in total. The number of hydrogen-bond donors (Lipinski definition) is 1. The average molecular weight is 199 g/mol. The van der Waals surface area contributed by atoms with Crippen molar-refractivity contribution in [1.29, 1.82) is 0 Å². The van der Waals surface area contributed by atoms with Crippen molar-refractivity contribution < 1.29 is 0 Å². The summed E-state index contributed by atoms with van der Waals surface area (Å²) in [5.74, 6) is 0. The summed E-state index contributed by atoms with van der Waals surface area (Å²) in [4.78, 5) is 0. The third-order valence-corrected chi connectivity index (χ3v) is 2.05. The fourth-order valence-corrected chi connectivity index (χ4v) is 1.38. The van der Waals surface area contributed by atoms with Crippen LogP contribution < -0.4 is 5.73 Å². The van der Waals surface area contributed by atoms with E-state index in [0.29, 0.717) is 0 Å². The van der Waals surface area contributed by atoms with Gasteiger partial charge >= 0.3 is 0 Å². The molecule has 1 nitrogen and oxygen atoms in total. The summed E-state index contributed by atoms with van der Waals surface area (Å²) in [5.41, 5.74) is 8.95. The highest BCUT2D eigenvalue weighted by molar-refractivity contribution is 5.75. The molecule has 1 heteroatoms. The Hall–Kier alpha value is -1.76. The van der Waals surface area contributed by atoms with E-state index in [1.807, 2.05) is 56.3 Å². The number of para-hydroxylation sites is 1. The molecule has 0 aliphatic carbocycles. The molecule has 0 unspecified atom stereocenters. The van der Waals surface area contributed by atoms with Crippen LogP contribution in [0.4, 0.5) is 5.69 Å². The van der Waals surface area contributed by atoms with Gasteiger partial charge in [-0.2, -0.15) is 0 Å². The number of hydrogen-bond acceptors (Lipinski definition) is 1. The SMILES string of the molecule is CC.Nc1ccccc1-c1ccccc1. The van der Waals surface area contributed by atoms with Crippen molar-refractivity contribution in [2.75, 3.05) is 5.73 Å². The molecule has 0 saturated carbocycles. The summed E-state index contributed by atoms with van der Waals surface area (Å²) in [7, 11) is 0. The van der Waals surface area contributed by atoms with E-state index in [0.717, 1.165) is 11.3 Å². The van der Waals surface area contributed by atoms with E-state index in [1.165, 1.54) is 5.56 Å². The molecule has 78 valence electrons. The second-order valence-electron chi connectivity index (χ2n) is 2.95. The van der Waals surface area contributed by atoms with Crippen molar-refractivity contribution in [1.82, 2.24) is 0 Å². The number of anilines is 1. The van der Waals surface area contributed by atoms with Crippen molar-refractivity contribution in [2.24, 2.45) is 0 Å². The molecule has 0 saturated heterocycles. The van der Waals surface area contributed by atoms with Gasteiger partial charge in [-0.05, 0) is 11.6 Å². The smallest absolute Gasteiger partial charge is 0.0393 e. The molecule has 2 aromatic carbocycles. The van der Waals surface area contributed by atoms with Gasteiger partial charge in [0.2, 0.25) is 0 Å². The summed E-state index contributed by atoms with van der Waals surface area (Å²) in [6.07, 6.45) is 0. The topological polar surface area (TPSA) is 26.0 Å². The molecule has 15 heavy (non-hydrogen) atoms. The Balaban J connectivity index is 0.000000531. The molecular weight excluding hydrogens is 182 g/mol. The standard InChI is InChI=1S/C12H11N.C2H6/c13-12-9-5-4-8-11(12)10-6-2-1-3-7-10;1-2/h1-9H,13H2;1-2H3. The predicted octanol–water partition coefficient (Wildman–Crippen LogP) is 3.96. The number of benzene rings is 2. The van der Waals surface area contributed by atoms with Gasteiger partial charge in [-0.3, -0.25) is 0 Å². The fourth-order valence-electron chi connectivity index (χ4n) is 1.38. The van der Waals surface area contributed by atoms with Crippen molar-refractivity contribution in [3.05, 3.63) is 54.6 Å². The third kappa shape index (κ3) is 2.84. The lowest BCUT2D eigenvalue weighted by Gasteiger charge is -2.03. The number of nitrogen functional groups attached to an aromatic ring is 1. The van der Waals surface area contributed by atoms with Gasteiger partial charge in [0.05, 0.1) is 0 Å². The summed E-state index contributed by atoms with van der Waals surface area (Å²) in [5, 5.41) is 0. The Bertz CT molecular complexity index is 393. The van der Waals surface area contributed by atoms with Crippen LogP contribution in [0.15, 0.2) is 54.6 Å². The lowest BCUT2D eigenvalue weighted by Crippen LogP contribution is -1.88. The lowest BCUT2D eigenvalue weighted by atomic mass is 10.0. The van der Waals surface area contributed by atoms with Crippen LogP contribution in [0.1, 0.15) is 13.8 Å². The predicted molar refractivity (Wildman–Crippen MR) is 67.6 cm³/mol. The molecular formula is C14H17N. The largest absolute Gasteiger partial charge is 0.398 e. The molecule has 0 aliphatic rings. The molecule has 0 atom stereocenters. The minimum Gasteiger partial charge on any atom is -0.398 e. The quantitative estimate of drug-likeness (QED) is 0.691. The lowest BCUT2D eigenvalue weighted by molar-refractivity contribution is 1.50. The third-order valence-electron chi connectivity index (χ3n) is 2.05.